The van der Waals surface area contributed by atoms with Crippen LogP contribution in [0.1, 0.15) is 33.5 Å². The largest absolute Gasteiger partial charge is 0.487 e. The molecule has 1 aromatic heterocycles. The first kappa shape index (κ1) is 20.1. The molecular formula is C24H28N2O2. The second-order valence-corrected chi connectivity index (χ2v) is 6.97. The molecule has 0 aliphatic carbocycles. The van der Waals surface area contributed by atoms with Gasteiger partial charge >= 0.3 is 0 Å². The van der Waals surface area contributed by atoms with Gasteiger partial charge in [-0.05, 0) is 53.8 Å². The minimum atomic E-state index is 0.483. The van der Waals surface area contributed by atoms with Crippen molar-refractivity contribution < 1.29 is 9.47 Å². The highest BCUT2D eigenvalue weighted by atomic mass is 16.5. The normalized spacial score (nSPS) is 10.8. The van der Waals surface area contributed by atoms with Gasteiger partial charge in [0.05, 0.1) is 12.3 Å². The molecule has 1 N–H and O–H groups in total. The Morgan fingerprint density at radius 1 is 0.857 bits per heavy atom. The van der Waals surface area contributed by atoms with Crippen LogP contribution in [0.4, 0.5) is 0 Å². The third-order valence-corrected chi connectivity index (χ3v) is 4.67. The van der Waals surface area contributed by atoms with E-state index in [0.717, 1.165) is 35.7 Å². The summed E-state index contributed by atoms with van der Waals surface area (Å²) in [4.78, 5) is 4.32. The Morgan fingerprint density at radius 3 is 2.25 bits per heavy atom. The molecule has 0 atom stereocenters. The lowest BCUT2D eigenvalue weighted by Gasteiger charge is -2.15. The highest BCUT2D eigenvalue weighted by molar-refractivity contribution is 5.43. The van der Waals surface area contributed by atoms with Gasteiger partial charge in [-0.15, -0.1) is 0 Å². The van der Waals surface area contributed by atoms with Crippen molar-refractivity contribution in [3.05, 3.63) is 94.3 Å². The molecule has 1 heterocycles. The van der Waals surface area contributed by atoms with Crippen LogP contribution in [0.15, 0.2) is 60.8 Å². The number of nitrogens with one attached hydrogen (secondary N) is 1. The fraction of sp³-hybridized carbons (Fsp3) is 0.292. The zero-order chi connectivity index (χ0) is 19.8. The average molecular weight is 377 g/mol. The Hall–Kier alpha value is -2.69. The molecule has 0 amide bonds. The second kappa shape index (κ2) is 10.0. The molecule has 0 unspecified atom stereocenters. The highest BCUT2D eigenvalue weighted by Gasteiger charge is 2.08. The van der Waals surface area contributed by atoms with Crippen LogP contribution < -0.4 is 10.1 Å². The van der Waals surface area contributed by atoms with Gasteiger partial charge in [0.25, 0.3) is 0 Å². The van der Waals surface area contributed by atoms with E-state index >= 15 is 0 Å². The SMILES string of the molecule is COCc1ccccc1CNCc1cc(C)c(OCc2ccccn2)c(C)c1. The van der Waals surface area contributed by atoms with E-state index in [1.807, 2.05) is 24.3 Å². The van der Waals surface area contributed by atoms with E-state index in [1.165, 1.54) is 16.7 Å². The molecule has 0 bridgehead atoms. The lowest BCUT2D eigenvalue weighted by molar-refractivity contribution is 0.184. The van der Waals surface area contributed by atoms with Crippen LogP contribution in [-0.2, 0) is 31.0 Å². The van der Waals surface area contributed by atoms with Crippen molar-refractivity contribution in [2.24, 2.45) is 0 Å². The number of nitrogens with zero attached hydrogens (tertiary/aromatic N) is 1. The zero-order valence-corrected chi connectivity index (χ0v) is 16.9. The lowest BCUT2D eigenvalue weighted by Crippen LogP contribution is -2.14. The van der Waals surface area contributed by atoms with Gasteiger partial charge in [0.1, 0.15) is 12.4 Å². The molecule has 3 rings (SSSR count). The van der Waals surface area contributed by atoms with Gasteiger partial charge in [-0.25, -0.2) is 0 Å². The first-order valence-corrected chi connectivity index (χ1v) is 9.56. The van der Waals surface area contributed by atoms with Crippen LogP contribution in [0.25, 0.3) is 0 Å². The van der Waals surface area contributed by atoms with Crippen LogP contribution in [0, 0.1) is 13.8 Å². The van der Waals surface area contributed by atoms with E-state index in [1.54, 1.807) is 13.3 Å². The van der Waals surface area contributed by atoms with Crippen molar-refractivity contribution in [1.29, 1.82) is 0 Å². The van der Waals surface area contributed by atoms with E-state index in [9.17, 15) is 0 Å². The number of pyridine rings is 1. The number of ether oxygens (including phenoxy) is 2. The first-order valence-electron chi connectivity index (χ1n) is 9.56. The Labute approximate surface area is 167 Å². The summed E-state index contributed by atoms with van der Waals surface area (Å²) in [7, 11) is 1.73. The van der Waals surface area contributed by atoms with Gasteiger partial charge in [-0.3, -0.25) is 4.98 Å². The summed E-state index contributed by atoms with van der Waals surface area (Å²) in [5.41, 5.74) is 6.97. The van der Waals surface area contributed by atoms with E-state index in [4.69, 9.17) is 9.47 Å². The van der Waals surface area contributed by atoms with Crippen LogP contribution in [0.2, 0.25) is 0 Å². The summed E-state index contributed by atoms with van der Waals surface area (Å²) in [6.45, 7) is 6.93. The number of hydrogen-bond donors (Lipinski definition) is 1. The minimum absolute atomic E-state index is 0.483. The third kappa shape index (κ3) is 5.41. The monoisotopic (exact) mass is 376 g/mol. The molecule has 0 spiro atoms. The predicted octanol–water partition coefficient (Wildman–Crippen LogP) is 4.71. The van der Waals surface area contributed by atoms with Crippen molar-refractivity contribution in [2.45, 2.75) is 40.2 Å². The maximum Gasteiger partial charge on any atom is 0.130 e. The smallest absolute Gasteiger partial charge is 0.130 e. The third-order valence-electron chi connectivity index (χ3n) is 4.67. The fourth-order valence-corrected chi connectivity index (χ4v) is 3.37. The van der Waals surface area contributed by atoms with Gasteiger partial charge in [0, 0.05) is 26.4 Å². The molecule has 0 fully saturated rings. The van der Waals surface area contributed by atoms with Gasteiger partial charge in [0.15, 0.2) is 0 Å². The Morgan fingerprint density at radius 2 is 1.57 bits per heavy atom. The van der Waals surface area contributed by atoms with Crippen LogP contribution in [0.5, 0.6) is 5.75 Å². The van der Waals surface area contributed by atoms with E-state index in [0.29, 0.717) is 13.2 Å². The lowest BCUT2D eigenvalue weighted by atomic mass is 10.0. The molecule has 2 aromatic carbocycles. The summed E-state index contributed by atoms with van der Waals surface area (Å²) >= 11 is 0. The molecule has 4 heteroatoms. The molecular weight excluding hydrogens is 348 g/mol. The number of rotatable bonds is 9. The first-order chi connectivity index (χ1) is 13.7. The van der Waals surface area contributed by atoms with E-state index < -0.39 is 0 Å². The van der Waals surface area contributed by atoms with Crippen molar-refractivity contribution in [3.63, 3.8) is 0 Å². The summed E-state index contributed by atoms with van der Waals surface area (Å²) in [5, 5.41) is 3.54. The highest BCUT2D eigenvalue weighted by Crippen LogP contribution is 2.25. The summed E-state index contributed by atoms with van der Waals surface area (Å²) in [6.07, 6.45) is 1.79. The van der Waals surface area contributed by atoms with E-state index in [-0.39, 0.29) is 0 Å². The number of hydrogen-bond acceptors (Lipinski definition) is 4. The molecule has 3 aromatic rings. The summed E-state index contributed by atoms with van der Waals surface area (Å²) in [5.74, 6) is 0.944. The fourth-order valence-electron chi connectivity index (χ4n) is 3.37. The van der Waals surface area contributed by atoms with Gasteiger partial charge in [0.2, 0.25) is 0 Å². The average Bonchev–Trinajstić information content (AvgIpc) is 2.70. The van der Waals surface area contributed by atoms with Crippen molar-refractivity contribution >= 4 is 0 Å². The topological polar surface area (TPSA) is 43.4 Å². The Balaban J connectivity index is 1.60. The van der Waals surface area contributed by atoms with Crippen molar-refractivity contribution in [1.82, 2.24) is 10.3 Å². The Bertz CT molecular complexity index is 871. The van der Waals surface area contributed by atoms with Crippen LogP contribution >= 0.6 is 0 Å². The molecule has 0 saturated carbocycles. The molecule has 0 radical (unpaired) electrons. The second-order valence-electron chi connectivity index (χ2n) is 6.97. The minimum Gasteiger partial charge on any atom is -0.487 e. The predicted molar refractivity (Wildman–Crippen MR) is 112 cm³/mol. The molecule has 28 heavy (non-hydrogen) atoms. The maximum atomic E-state index is 6.03. The molecule has 146 valence electrons. The molecule has 4 nitrogen and oxygen atoms in total. The quantitative estimate of drug-likeness (QED) is 0.587. The molecule has 0 saturated heterocycles. The van der Waals surface area contributed by atoms with Crippen molar-refractivity contribution in [3.8, 4) is 5.75 Å². The molecule has 0 aliphatic rings. The van der Waals surface area contributed by atoms with Gasteiger partial charge < -0.3 is 14.8 Å². The van der Waals surface area contributed by atoms with Gasteiger partial charge in [-0.1, -0.05) is 42.5 Å². The number of aryl methyl sites for hydroxylation is 2. The Kier molecular flexibility index (Phi) is 7.18. The number of aromatic nitrogens is 1. The zero-order valence-electron chi connectivity index (χ0n) is 16.9. The standard InChI is InChI=1S/C24H28N2O2/c1-18-12-20(14-25-15-21-8-4-5-9-22(21)16-27-3)13-19(2)24(18)28-17-23-10-6-7-11-26-23/h4-13,25H,14-17H2,1-3H3. The molecule has 0 aliphatic heterocycles. The van der Waals surface area contributed by atoms with Crippen LogP contribution in [-0.4, -0.2) is 12.1 Å². The number of benzene rings is 2. The maximum absolute atomic E-state index is 6.03. The van der Waals surface area contributed by atoms with Crippen molar-refractivity contribution in [2.75, 3.05) is 7.11 Å². The van der Waals surface area contributed by atoms with Gasteiger partial charge in [-0.2, -0.15) is 0 Å². The summed E-state index contributed by atoms with van der Waals surface area (Å²) < 4.78 is 11.3. The summed E-state index contributed by atoms with van der Waals surface area (Å²) in [6, 6.07) is 18.6. The number of methoxy groups -OCH3 is 1. The van der Waals surface area contributed by atoms with E-state index in [2.05, 4.69) is 54.5 Å². The van der Waals surface area contributed by atoms with Crippen LogP contribution in [0.3, 0.4) is 0 Å².